The average Bonchev–Trinajstić information content (AvgIpc) is 2.41. The van der Waals surface area contributed by atoms with Crippen molar-refractivity contribution >= 4 is 27.6 Å². The first-order valence-corrected chi connectivity index (χ1v) is 8.74. The summed E-state index contributed by atoms with van der Waals surface area (Å²) in [5, 5.41) is 3.28. The molecule has 1 heterocycles. The van der Waals surface area contributed by atoms with E-state index < -0.39 is 0 Å². The lowest BCUT2D eigenvalue weighted by atomic mass is 10.1. The topological polar surface area (TPSA) is 41.1 Å². The van der Waals surface area contributed by atoms with Gasteiger partial charge in [0.15, 0.2) is 0 Å². The van der Waals surface area contributed by atoms with Crippen molar-refractivity contribution in [1.82, 2.24) is 9.97 Å². The van der Waals surface area contributed by atoms with Crippen LogP contribution in [0.15, 0.2) is 10.8 Å². The second kappa shape index (κ2) is 9.23. The first-order valence-electron chi connectivity index (χ1n) is 7.95. The maximum atomic E-state index is 4.51. The van der Waals surface area contributed by atoms with Crippen LogP contribution in [0.4, 0.5) is 11.6 Å². The first-order chi connectivity index (χ1) is 9.95. The molecule has 0 radical (unpaired) electrons. The molecule has 5 heteroatoms. The molecule has 0 fully saturated rings. The highest BCUT2D eigenvalue weighted by Gasteiger charge is 2.16. The van der Waals surface area contributed by atoms with Gasteiger partial charge in [-0.25, -0.2) is 9.97 Å². The number of anilines is 2. The highest BCUT2D eigenvalue weighted by atomic mass is 79.9. The molecular formula is C16H29BrN4. The van der Waals surface area contributed by atoms with Gasteiger partial charge in [0.25, 0.3) is 0 Å². The number of hydrogen-bond acceptors (Lipinski definition) is 4. The first kappa shape index (κ1) is 18.2. The van der Waals surface area contributed by atoms with Crippen LogP contribution < -0.4 is 10.2 Å². The fourth-order valence-corrected chi connectivity index (χ4v) is 2.62. The monoisotopic (exact) mass is 356 g/mol. The Morgan fingerprint density at radius 3 is 2.14 bits per heavy atom. The molecule has 0 aliphatic carbocycles. The number of nitrogens with one attached hydrogen (secondary N) is 1. The average molecular weight is 357 g/mol. The van der Waals surface area contributed by atoms with E-state index in [0.29, 0.717) is 11.8 Å². The Bertz CT molecular complexity index is 409. The largest absolute Gasteiger partial charge is 0.369 e. The lowest BCUT2D eigenvalue weighted by Crippen LogP contribution is -2.29. The summed E-state index contributed by atoms with van der Waals surface area (Å²) in [6.07, 6.45) is 3.99. The molecule has 0 aliphatic heterocycles. The van der Waals surface area contributed by atoms with Crippen LogP contribution in [0.3, 0.4) is 0 Å². The van der Waals surface area contributed by atoms with E-state index in [-0.39, 0.29) is 0 Å². The standard InChI is InChI=1S/C16H29BrN4/c1-6-18-15-14(17)16(20-11-19-15)21(9-7-12(2)3)10-8-13(4)5/h11-13H,6-10H2,1-5H3,(H,18,19,20). The van der Waals surface area contributed by atoms with Gasteiger partial charge in [0.2, 0.25) is 0 Å². The Balaban J connectivity index is 2.92. The van der Waals surface area contributed by atoms with Crippen molar-refractivity contribution in [3.8, 4) is 0 Å². The summed E-state index contributed by atoms with van der Waals surface area (Å²) < 4.78 is 0.972. The molecule has 0 amide bonds. The van der Waals surface area contributed by atoms with Crippen LogP contribution in [-0.2, 0) is 0 Å². The predicted molar refractivity (Wildman–Crippen MR) is 95.0 cm³/mol. The zero-order valence-electron chi connectivity index (χ0n) is 14.0. The number of aromatic nitrogens is 2. The quantitative estimate of drug-likeness (QED) is 0.703. The van der Waals surface area contributed by atoms with E-state index in [4.69, 9.17) is 0 Å². The summed E-state index contributed by atoms with van der Waals surface area (Å²) in [4.78, 5) is 11.2. The van der Waals surface area contributed by atoms with Crippen LogP contribution in [0.5, 0.6) is 0 Å². The van der Waals surface area contributed by atoms with E-state index in [0.717, 1.165) is 35.7 Å². The van der Waals surface area contributed by atoms with Gasteiger partial charge >= 0.3 is 0 Å². The number of hydrogen-bond donors (Lipinski definition) is 1. The molecule has 1 aromatic rings. The lowest BCUT2D eigenvalue weighted by Gasteiger charge is -2.27. The molecule has 0 spiro atoms. The molecule has 0 atom stereocenters. The van der Waals surface area contributed by atoms with Crippen molar-refractivity contribution in [3.63, 3.8) is 0 Å². The van der Waals surface area contributed by atoms with E-state index in [1.54, 1.807) is 6.33 Å². The van der Waals surface area contributed by atoms with Crippen LogP contribution in [0.1, 0.15) is 47.5 Å². The fourth-order valence-electron chi connectivity index (χ4n) is 2.02. The number of rotatable bonds is 9. The zero-order valence-corrected chi connectivity index (χ0v) is 15.6. The molecular weight excluding hydrogens is 328 g/mol. The summed E-state index contributed by atoms with van der Waals surface area (Å²) >= 11 is 3.67. The molecule has 0 saturated carbocycles. The molecule has 1 N–H and O–H groups in total. The molecule has 0 bridgehead atoms. The summed E-state index contributed by atoms with van der Waals surface area (Å²) in [5.41, 5.74) is 0. The van der Waals surface area contributed by atoms with Crippen molar-refractivity contribution < 1.29 is 0 Å². The van der Waals surface area contributed by atoms with E-state index in [2.05, 4.69) is 70.7 Å². The molecule has 21 heavy (non-hydrogen) atoms. The van der Waals surface area contributed by atoms with Gasteiger partial charge in [-0.1, -0.05) is 27.7 Å². The maximum absolute atomic E-state index is 4.51. The zero-order chi connectivity index (χ0) is 15.8. The van der Waals surface area contributed by atoms with Crippen LogP contribution in [0, 0.1) is 11.8 Å². The van der Waals surface area contributed by atoms with Crippen LogP contribution in [0.25, 0.3) is 0 Å². The molecule has 1 rings (SSSR count). The predicted octanol–water partition coefficient (Wildman–Crippen LogP) is 4.57. The van der Waals surface area contributed by atoms with Gasteiger partial charge < -0.3 is 10.2 Å². The minimum Gasteiger partial charge on any atom is -0.369 e. The molecule has 120 valence electrons. The van der Waals surface area contributed by atoms with E-state index >= 15 is 0 Å². The third kappa shape index (κ3) is 6.20. The van der Waals surface area contributed by atoms with Crippen molar-refractivity contribution in [3.05, 3.63) is 10.8 Å². The Morgan fingerprint density at radius 2 is 1.67 bits per heavy atom. The van der Waals surface area contributed by atoms with Crippen LogP contribution >= 0.6 is 15.9 Å². The fraction of sp³-hybridized carbons (Fsp3) is 0.750. The van der Waals surface area contributed by atoms with E-state index in [9.17, 15) is 0 Å². The van der Waals surface area contributed by atoms with Gasteiger partial charge in [0, 0.05) is 19.6 Å². The molecule has 1 aromatic heterocycles. The minimum absolute atomic E-state index is 0.695. The Kier molecular flexibility index (Phi) is 8.01. The van der Waals surface area contributed by atoms with Crippen LogP contribution in [0.2, 0.25) is 0 Å². The Hall–Kier alpha value is -0.840. The molecule has 0 aliphatic rings. The van der Waals surface area contributed by atoms with Crippen molar-refractivity contribution in [2.45, 2.75) is 47.5 Å². The maximum Gasteiger partial charge on any atom is 0.148 e. The Morgan fingerprint density at radius 1 is 1.10 bits per heavy atom. The van der Waals surface area contributed by atoms with Gasteiger partial charge in [-0.2, -0.15) is 0 Å². The normalized spacial score (nSPS) is 11.2. The SMILES string of the molecule is CCNc1ncnc(N(CCC(C)C)CCC(C)C)c1Br. The minimum atomic E-state index is 0.695. The summed E-state index contributed by atoms with van der Waals surface area (Å²) in [7, 11) is 0. The van der Waals surface area contributed by atoms with Crippen molar-refractivity contribution in [1.29, 1.82) is 0 Å². The molecule has 0 saturated heterocycles. The number of halogens is 1. The van der Waals surface area contributed by atoms with Crippen molar-refractivity contribution in [2.24, 2.45) is 11.8 Å². The third-order valence-electron chi connectivity index (χ3n) is 3.37. The van der Waals surface area contributed by atoms with E-state index in [1.807, 2.05) is 0 Å². The van der Waals surface area contributed by atoms with Gasteiger partial charge in [-0.05, 0) is 47.5 Å². The van der Waals surface area contributed by atoms with Gasteiger partial charge in [0.1, 0.15) is 22.4 Å². The van der Waals surface area contributed by atoms with E-state index in [1.165, 1.54) is 12.8 Å². The Labute approximate surface area is 137 Å². The van der Waals surface area contributed by atoms with Crippen molar-refractivity contribution in [2.75, 3.05) is 29.9 Å². The smallest absolute Gasteiger partial charge is 0.148 e. The highest BCUT2D eigenvalue weighted by Crippen LogP contribution is 2.30. The van der Waals surface area contributed by atoms with Crippen LogP contribution in [-0.4, -0.2) is 29.6 Å². The van der Waals surface area contributed by atoms with Gasteiger partial charge in [0.05, 0.1) is 0 Å². The highest BCUT2D eigenvalue weighted by molar-refractivity contribution is 9.10. The lowest BCUT2D eigenvalue weighted by molar-refractivity contribution is 0.532. The number of nitrogens with zero attached hydrogens (tertiary/aromatic N) is 3. The second-order valence-corrected chi connectivity index (χ2v) is 7.04. The second-order valence-electron chi connectivity index (χ2n) is 6.24. The molecule has 4 nitrogen and oxygen atoms in total. The van der Waals surface area contributed by atoms with Gasteiger partial charge in [-0.3, -0.25) is 0 Å². The summed E-state index contributed by atoms with van der Waals surface area (Å²) in [5.74, 6) is 3.27. The summed E-state index contributed by atoms with van der Waals surface area (Å²) in [6.45, 7) is 14.0. The molecule has 0 aromatic carbocycles. The van der Waals surface area contributed by atoms with Gasteiger partial charge in [-0.15, -0.1) is 0 Å². The third-order valence-corrected chi connectivity index (χ3v) is 4.10. The summed E-state index contributed by atoms with van der Waals surface area (Å²) in [6, 6.07) is 0. The molecule has 0 unspecified atom stereocenters.